The number of nitrogens with zero attached hydrogens (tertiary/aromatic N) is 2. The molecule has 2 aromatic heterocycles. The zero-order valence-electron chi connectivity index (χ0n) is 14.2. The highest BCUT2D eigenvalue weighted by atomic mass is 35.5. The van der Waals surface area contributed by atoms with Crippen molar-refractivity contribution in [2.45, 2.75) is 26.3 Å². The van der Waals surface area contributed by atoms with Gasteiger partial charge in [0.25, 0.3) is 5.91 Å². The fraction of sp³-hybridized carbons (Fsp3) is 0.222. The molecule has 9 heteroatoms. The van der Waals surface area contributed by atoms with Gasteiger partial charge in [-0.3, -0.25) is 9.20 Å². The van der Waals surface area contributed by atoms with Gasteiger partial charge in [0.15, 0.2) is 0 Å². The van der Waals surface area contributed by atoms with Crippen molar-refractivity contribution >= 4 is 23.2 Å². The van der Waals surface area contributed by atoms with E-state index in [4.69, 9.17) is 11.6 Å². The SMILES string of the molecule is CCc1nc2cc(Cl)ccn2c1C(=O)NCc1ccc(OC(F)(F)F)cc1. The summed E-state index contributed by atoms with van der Waals surface area (Å²) in [5.41, 5.74) is 2.23. The zero-order chi connectivity index (χ0) is 19.6. The minimum atomic E-state index is -4.74. The number of halogens is 4. The van der Waals surface area contributed by atoms with Crippen molar-refractivity contribution in [3.05, 3.63) is 64.6 Å². The van der Waals surface area contributed by atoms with Crippen molar-refractivity contribution in [2.75, 3.05) is 0 Å². The minimum absolute atomic E-state index is 0.148. The monoisotopic (exact) mass is 397 g/mol. The summed E-state index contributed by atoms with van der Waals surface area (Å²) in [6.07, 6.45) is -2.51. The third-order valence-corrected chi connectivity index (χ3v) is 4.06. The maximum Gasteiger partial charge on any atom is 0.573 e. The third-order valence-electron chi connectivity index (χ3n) is 3.82. The van der Waals surface area contributed by atoms with Crippen molar-refractivity contribution in [1.82, 2.24) is 14.7 Å². The van der Waals surface area contributed by atoms with Gasteiger partial charge in [0.1, 0.15) is 17.1 Å². The summed E-state index contributed by atoms with van der Waals surface area (Å²) in [4.78, 5) is 17.0. The van der Waals surface area contributed by atoms with Crippen molar-refractivity contribution in [1.29, 1.82) is 0 Å². The molecule has 0 radical (unpaired) electrons. The van der Waals surface area contributed by atoms with Gasteiger partial charge in [0.05, 0.1) is 5.69 Å². The lowest BCUT2D eigenvalue weighted by Gasteiger charge is -2.10. The highest BCUT2D eigenvalue weighted by molar-refractivity contribution is 6.30. The summed E-state index contributed by atoms with van der Waals surface area (Å²) in [7, 11) is 0. The van der Waals surface area contributed by atoms with Crippen molar-refractivity contribution in [3.63, 3.8) is 0 Å². The molecular formula is C18H15ClF3N3O2. The van der Waals surface area contributed by atoms with Gasteiger partial charge in [-0.2, -0.15) is 0 Å². The largest absolute Gasteiger partial charge is 0.573 e. The number of ether oxygens (including phenoxy) is 1. The summed E-state index contributed by atoms with van der Waals surface area (Å²) in [6, 6.07) is 8.63. The van der Waals surface area contributed by atoms with Crippen LogP contribution in [-0.4, -0.2) is 21.7 Å². The number of amides is 1. The first-order valence-corrected chi connectivity index (χ1v) is 8.44. The van der Waals surface area contributed by atoms with E-state index in [1.165, 1.54) is 24.3 Å². The van der Waals surface area contributed by atoms with Crippen LogP contribution in [0.15, 0.2) is 42.6 Å². The van der Waals surface area contributed by atoms with Gasteiger partial charge in [0, 0.05) is 23.8 Å². The lowest BCUT2D eigenvalue weighted by atomic mass is 10.2. The van der Waals surface area contributed by atoms with E-state index in [1.807, 2.05) is 6.92 Å². The number of hydrogen-bond donors (Lipinski definition) is 1. The van der Waals surface area contributed by atoms with Crippen LogP contribution in [0.3, 0.4) is 0 Å². The fourth-order valence-corrected chi connectivity index (χ4v) is 2.78. The number of carbonyl (C=O) groups is 1. The highest BCUT2D eigenvalue weighted by Crippen LogP contribution is 2.23. The number of benzene rings is 1. The fourth-order valence-electron chi connectivity index (χ4n) is 2.63. The summed E-state index contributed by atoms with van der Waals surface area (Å²) in [5.74, 6) is -0.651. The van der Waals surface area contributed by atoms with Crippen LogP contribution in [0.4, 0.5) is 13.2 Å². The second-order valence-corrected chi connectivity index (χ2v) is 6.14. The molecule has 1 N–H and O–H groups in total. The maximum atomic E-state index is 12.6. The first-order valence-electron chi connectivity index (χ1n) is 8.06. The number of imidazole rings is 1. The van der Waals surface area contributed by atoms with E-state index in [2.05, 4.69) is 15.0 Å². The summed E-state index contributed by atoms with van der Waals surface area (Å²) < 4.78 is 42.0. The van der Waals surface area contributed by atoms with Gasteiger partial charge in [0.2, 0.25) is 0 Å². The number of rotatable bonds is 5. The second-order valence-electron chi connectivity index (χ2n) is 5.71. The van der Waals surface area contributed by atoms with Gasteiger partial charge in [-0.15, -0.1) is 13.2 Å². The Morgan fingerprint density at radius 2 is 1.96 bits per heavy atom. The van der Waals surface area contributed by atoms with Gasteiger partial charge in [-0.25, -0.2) is 4.98 Å². The van der Waals surface area contributed by atoms with Crippen LogP contribution in [-0.2, 0) is 13.0 Å². The molecular weight excluding hydrogens is 383 g/mol. The molecule has 142 valence electrons. The number of pyridine rings is 1. The molecule has 5 nitrogen and oxygen atoms in total. The van der Waals surface area contributed by atoms with Crippen LogP contribution in [0.2, 0.25) is 5.02 Å². The van der Waals surface area contributed by atoms with E-state index in [0.29, 0.717) is 34.0 Å². The number of carbonyl (C=O) groups excluding carboxylic acids is 1. The standard InChI is InChI=1S/C18H15ClF3N3O2/c1-2-14-16(25-8-7-12(19)9-15(25)24-14)17(26)23-10-11-3-5-13(6-4-11)27-18(20,21)22/h3-9H,2,10H2,1H3,(H,23,26). The first kappa shape index (κ1) is 19.0. The highest BCUT2D eigenvalue weighted by Gasteiger charge is 2.30. The van der Waals surface area contributed by atoms with Gasteiger partial charge >= 0.3 is 6.36 Å². The molecule has 1 aromatic carbocycles. The summed E-state index contributed by atoms with van der Waals surface area (Å²) in [6.45, 7) is 2.04. The molecule has 0 aliphatic heterocycles. The van der Waals surface area contributed by atoms with E-state index >= 15 is 0 Å². The molecule has 1 amide bonds. The average Bonchev–Trinajstić information content (AvgIpc) is 2.97. The van der Waals surface area contributed by atoms with Crippen LogP contribution in [0.25, 0.3) is 5.65 Å². The van der Waals surface area contributed by atoms with Crippen molar-refractivity contribution < 1.29 is 22.7 Å². The topological polar surface area (TPSA) is 55.6 Å². The number of fused-ring (bicyclic) bond motifs is 1. The molecule has 0 aliphatic rings. The Balaban J connectivity index is 1.74. The van der Waals surface area contributed by atoms with E-state index in [9.17, 15) is 18.0 Å². The van der Waals surface area contributed by atoms with Crippen LogP contribution in [0.1, 0.15) is 28.7 Å². The number of aromatic nitrogens is 2. The number of nitrogens with one attached hydrogen (secondary N) is 1. The Hall–Kier alpha value is -2.74. The van der Waals surface area contributed by atoms with E-state index in [-0.39, 0.29) is 18.2 Å². The lowest BCUT2D eigenvalue weighted by molar-refractivity contribution is -0.274. The van der Waals surface area contributed by atoms with E-state index < -0.39 is 6.36 Å². The van der Waals surface area contributed by atoms with Gasteiger partial charge in [-0.1, -0.05) is 30.7 Å². The Kier molecular flexibility index (Phi) is 5.27. The van der Waals surface area contributed by atoms with Crippen LogP contribution >= 0.6 is 11.6 Å². The van der Waals surface area contributed by atoms with Gasteiger partial charge in [-0.05, 0) is 30.2 Å². The Morgan fingerprint density at radius 1 is 1.26 bits per heavy atom. The second kappa shape index (κ2) is 7.48. The van der Waals surface area contributed by atoms with E-state index in [0.717, 1.165) is 0 Å². The Bertz CT molecular complexity index is 968. The number of aryl methyl sites for hydroxylation is 1. The molecule has 0 atom stereocenters. The summed E-state index contributed by atoms with van der Waals surface area (Å²) in [5, 5.41) is 3.27. The van der Waals surface area contributed by atoms with Gasteiger partial charge < -0.3 is 10.1 Å². The number of alkyl halides is 3. The molecule has 0 unspecified atom stereocenters. The van der Waals surface area contributed by atoms with Crippen LogP contribution in [0.5, 0.6) is 5.75 Å². The van der Waals surface area contributed by atoms with Crippen molar-refractivity contribution in [2.24, 2.45) is 0 Å². The minimum Gasteiger partial charge on any atom is -0.406 e. The predicted octanol–water partition coefficient (Wildman–Crippen LogP) is 4.38. The molecule has 0 spiro atoms. The Labute approximate surface area is 157 Å². The number of hydrogen-bond acceptors (Lipinski definition) is 3. The molecule has 3 rings (SSSR count). The third kappa shape index (κ3) is 4.51. The molecule has 0 aliphatic carbocycles. The maximum absolute atomic E-state index is 12.6. The quantitative estimate of drug-likeness (QED) is 0.695. The molecule has 0 saturated carbocycles. The Morgan fingerprint density at radius 3 is 2.59 bits per heavy atom. The normalized spacial score (nSPS) is 11.6. The van der Waals surface area contributed by atoms with E-state index in [1.54, 1.807) is 22.7 Å². The average molecular weight is 398 g/mol. The molecule has 0 fully saturated rings. The predicted molar refractivity (Wildman–Crippen MR) is 93.9 cm³/mol. The zero-order valence-corrected chi connectivity index (χ0v) is 14.9. The van der Waals surface area contributed by atoms with Crippen LogP contribution < -0.4 is 10.1 Å². The smallest absolute Gasteiger partial charge is 0.406 e. The molecule has 3 aromatic rings. The lowest BCUT2D eigenvalue weighted by Crippen LogP contribution is -2.25. The molecule has 27 heavy (non-hydrogen) atoms. The van der Waals surface area contributed by atoms with Crippen molar-refractivity contribution in [3.8, 4) is 5.75 Å². The molecule has 0 saturated heterocycles. The summed E-state index contributed by atoms with van der Waals surface area (Å²) >= 11 is 5.96. The molecule has 2 heterocycles. The van der Waals surface area contributed by atoms with Crippen LogP contribution in [0, 0.1) is 0 Å². The first-order chi connectivity index (χ1) is 12.8. The molecule has 0 bridgehead atoms.